The highest BCUT2D eigenvalue weighted by atomic mass is 16.3. The molecule has 1 amide bonds. The predicted octanol–water partition coefficient (Wildman–Crippen LogP) is -0.158. The molecule has 0 aromatic heterocycles. The quantitative estimate of drug-likeness (QED) is 0.644. The molecule has 2 rings (SSSR count). The number of rotatable bonds is 3. The highest BCUT2D eigenvalue weighted by Crippen LogP contribution is 2.24. The maximum atomic E-state index is 11.6. The Kier molecular flexibility index (Phi) is 2.70. The topological polar surface area (TPSA) is 61.4 Å². The summed E-state index contributed by atoms with van der Waals surface area (Å²) in [5.41, 5.74) is 5.66. The summed E-state index contributed by atoms with van der Waals surface area (Å²) in [6.45, 7) is 0.331. The summed E-state index contributed by atoms with van der Waals surface area (Å²) in [4.78, 5) is 11.6. The lowest BCUT2D eigenvalue weighted by atomic mass is 9.82. The SMILES string of the molecule is O=C1NNCC1(CO)Cc1ccccc1. The van der Waals surface area contributed by atoms with Crippen molar-refractivity contribution in [3.8, 4) is 0 Å². The van der Waals surface area contributed by atoms with E-state index in [1.165, 1.54) is 0 Å². The van der Waals surface area contributed by atoms with Crippen LogP contribution in [-0.4, -0.2) is 24.2 Å². The van der Waals surface area contributed by atoms with Crippen molar-refractivity contribution in [3.63, 3.8) is 0 Å². The third kappa shape index (κ3) is 1.86. The number of amides is 1. The number of hydrazine groups is 1. The zero-order chi connectivity index (χ0) is 10.7. The van der Waals surface area contributed by atoms with E-state index < -0.39 is 5.41 Å². The van der Waals surface area contributed by atoms with Gasteiger partial charge in [-0.3, -0.25) is 10.2 Å². The zero-order valence-corrected chi connectivity index (χ0v) is 8.36. The Balaban J connectivity index is 2.19. The fraction of sp³-hybridized carbons (Fsp3) is 0.364. The van der Waals surface area contributed by atoms with Gasteiger partial charge < -0.3 is 5.11 Å². The first kappa shape index (κ1) is 10.1. The van der Waals surface area contributed by atoms with Crippen molar-refractivity contribution in [3.05, 3.63) is 35.9 Å². The molecule has 4 heteroatoms. The fourth-order valence-electron chi connectivity index (χ4n) is 1.82. The second kappa shape index (κ2) is 4.00. The molecule has 80 valence electrons. The second-order valence-corrected chi connectivity index (χ2v) is 3.91. The van der Waals surface area contributed by atoms with E-state index in [9.17, 15) is 9.90 Å². The number of aliphatic hydroxyl groups is 1. The van der Waals surface area contributed by atoms with Gasteiger partial charge in [-0.25, -0.2) is 5.43 Å². The largest absolute Gasteiger partial charge is 0.395 e. The minimum absolute atomic E-state index is 0.131. The van der Waals surface area contributed by atoms with Gasteiger partial charge in [0.2, 0.25) is 5.91 Å². The predicted molar refractivity (Wildman–Crippen MR) is 55.8 cm³/mol. The Morgan fingerprint density at radius 1 is 1.33 bits per heavy atom. The number of nitrogens with one attached hydrogen (secondary N) is 2. The molecular weight excluding hydrogens is 192 g/mol. The van der Waals surface area contributed by atoms with Crippen LogP contribution in [0.4, 0.5) is 0 Å². The van der Waals surface area contributed by atoms with Crippen LogP contribution in [0.15, 0.2) is 30.3 Å². The van der Waals surface area contributed by atoms with Crippen molar-refractivity contribution in [1.82, 2.24) is 10.9 Å². The zero-order valence-electron chi connectivity index (χ0n) is 8.36. The molecule has 1 aliphatic heterocycles. The fourth-order valence-corrected chi connectivity index (χ4v) is 1.82. The van der Waals surface area contributed by atoms with Gasteiger partial charge in [0.15, 0.2) is 0 Å². The van der Waals surface area contributed by atoms with E-state index in [0.29, 0.717) is 13.0 Å². The Hall–Kier alpha value is -1.39. The van der Waals surface area contributed by atoms with Crippen molar-refractivity contribution < 1.29 is 9.90 Å². The van der Waals surface area contributed by atoms with E-state index in [4.69, 9.17) is 0 Å². The van der Waals surface area contributed by atoms with Crippen LogP contribution in [0.25, 0.3) is 0 Å². The summed E-state index contributed by atoms with van der Waals surface area (Å²) >= 11 is 0. The van der Waals surface area contributed by atoms with Crippen LogP contribution in [0.1, 0.15) is 5.56 Å². The first-order chi connectivity index (χ1) is 7.27. The Bertz CT molecular complexity index is 353. The average molecular weight is 206 g/mol. The van der Waals surface area contributed by atoms with Crippen molar-refractivity contribution in [2.24, 2.45) is 5.41 Å². The van der Waals surface area contributed by atoms with E-state index in [2.05, 4.69) is 10.9 Å². The highest BCUT2D eigenvalue weighted by molar-refractivity contribution is 5.84. The molecule has 1 aliphatic rings. The van der Waals surface area contributed by atoms with Crippen LogP contribution >= 0.6 is 0 Å². The number of aliphatic hydroxyl groups excluding tert-OH is 1. The van der Waals surface area contributed by atoms with Crippen LogP contribution in [0, 0.1) is 5.41 Å². The summed E-state index contributed by atoms with van der Waals surface area (Å²) in [5, 5.41) is 9.35. The van der Waals surface area contributed by atoms with Crippen LogP contribution in [0.2, 0.25) is 0 Å². The number of carbonyl (C=O) groups is 1. The normalized spacial score (nSPS) is 25.3. The molecule has 0 aliphatic carbocycles. The average Bonchev–Trinajstić information content (AvgIpc) is 2.62. The van der Waals surface area contributed by atoms with Gasteiger partial charge in [0.05, 0.1) is 12.0 Å². The maximum Gasteiger partial charge on any atom is 0.244 e. The molecule has 4 nitrogen and oxygen atoms in total. The number of hydrogen-bond donors (Lipinski definition) is 3. The molecule has 15 heavy (non-hydrogen) atoms. The molecule has 1 aromatic rings. The maximum absolute atomic E-state index is 11.6. The Morgan fingerprint density at radius 2 is 2.07 bits per heavy atom. The van der Waals surface area contributed by atoms with Gasteiger partial charge in [-0.1, -0.05) is 30.3 Å². The Morgan fingerprint density at radius 3 is 2.60 bits per heavy atom. The summed E-state index contributed by atoms with van der Waals surface area (Å²) in [6, 6.07) is 9.72. The molecule has 0 saturated carbocycles. The minimum atomic E-state index is -0.707. The van der Waals surface area contributed by atoms with Crippen molar-refractivity contribution >= 4 is 5.91 Å². The molecule has 0 radical (unpaired) electrons. The van der Waals surface area contributed by atoms with Gasteiger partial charge in [-0.2, -0.15) is 0 Å². The van der Waals surface area contributed by atoms with Gasteiger partial charge in [0, 0.05) is 6.54 Å². The first-order valence-electron chi connectivity index (χ1n) is 4.95. The van der Waals surface area contributed by atoms with Gasteiger partial charge in [-0.15, -0.1) is 0 Å². The van der Waals surface area contributed by atoms with E-state index in [1.54, 1.807) is 0 Å². The highest BCUT2D eigenvalue weighted by Gasteiger charge is 2.42. The summed E-state index contributed by atoms with van der Waals surface area (Å²) < 4.78 is 0. The molecule has 0 bridgehead atoms. The minimum Gasteiger partial charge on any atom is -0.395 e. The van der Waals surface area contributed by atoms with Crippen molar-refractivity contribution in [1.29, 1.82) is 0 Å². The van der Waals surface area contributed by atoms with Gasteiger partial charge >= 0.3 is 0 Å². The molecule has 1 fully saturated rings. The number of hydrogen-bond acceptors (Lipinski definition) is 3. The molecule has 1 unspecified atom stereocenters. The van der Waals surface area contributed by atoms with E-state index in [1.807, 2.05) is 30.3 Å². The smallest absolute Gasteiger partial charge is 0.244 e. The standard InChI is InChI=1S/C11H14N2O2/c14-8-11(7-12-13-10(11)15)6-9-4-2-1-3-5-9/h1-5,12,14H,6-8H2,(H,13,15). The van der Waals surface area contributed by atoms with Crippen molar-refractivity contribution in [2.45, 2.75) is 6.42 Å². The first-order valence-corrected chi connectivity index (χ1v) is 4.95. The Labute approximate surface area is 88.3 Å². The van der Waals surface area contributed by atoms with E-state index >= 15 is 0 Å². The molecule has 1 saturated heterocycles. The molecule has 1 atom stereocenters. The summed E-state index contributed by atoms with van der Waals surface area (Å²) in [7, 11) is 0. The molecular formula is C11H14N2O2. The molecule has 1 heterocycles. The molecule has 3 N–H and O–H groups in total. The summed E-state index contributed by atoms with van der Waals surface area (Å²) in [5.74, 6) is -0.131. The monoisotopic (exact) mass is 206 g/mol. The van der Waals surface area contributed by atoms with Crippen LogP contribution in [0.3, 0.4) is 0 Å². The molecule has 0 spiro atoms. The third-order valence-electron chi connectivity index (χ3n) is 2.80. The van der Waals surface area contributed by atoms with E-state index in [-0.39, 0.29) is 12.5 Å². The lowest BCUT2D eigenvalue weighted by Gasteiger charge is -2.22. The third-order valence-corrected chi connectivity index (χ3v) is 2.80. The van der Waals surface area contributed by atoms with E-state index in [0.717, 1.165) is 5.56 Å². The van der Waals surface area contributed by atoms with Crippen LogP contribution in [0.5, 0.6) is 0 Å². The lowest BCUT2D eigenvalue weighted by molar-refractivity contribution is -0.129. The number of benzene rings is 1. The van der Waals surface area contributed by atoms with Gasteiger partial charge in [0.1, 0.15) is 0 Å². The van der Waals surface area contributed by atoms with Gasteiger partial charge in [-0.05, 0) is 12.0 Å². The number of carbonyl (C=O) groups excluding carboxylic acids is 1. The summed E-state index contributed by atoms with van der Waals surface area (Å²) in [6.07, 6.45) is 0.559. The van der Waals surface area contributed by atoms with Gasteiger partial charge in [0.25, 0.3) is 0 Å². The van der Waals surface area contributed by atoms with Crippen molar-refractivity contribution in [2.75, 3.05) is 13.2 Å². The lowest BCUT2D eigenvalue weighted by Crippen LogP contribution is -2.38. The van der Waals surface area contributed by atoms with Crippen LogP contribution < -0.4 is 10.9 Å². The molecule has 1 aromatic carbocycles. The van der Waals surface area contributed by atoms with Crippen LogP contribution in [-0.2, 0) is 11.2 Å². The second-order valence-electron chi connectivity index (χ2n) is 3.91.